The first kappa shape index (κ1) is 18.8. The molecule has 0 saturated heterocycles. The Morgan fingerprint density at radius 3 is 2.83 bits per heavy atom. The largest absolute Gasteiger partial charge is 0.324 e. The molecule has 3 aromatic rings. The van der Waals surface area contributed by atoms with Gasteiger partial charge in [-0.05, 0) is 55.6 Å². The van der Waals surface area contributed by atoms with Gasteiger partial charge in [0.1, 0.15) is 17.3 Å². The van der Waals surface area contributed by atoms with Crippen molar-refractivity contribution >= 4 is 22.7 Å². The van der Waals surface area contributed by atoms with Gasteiger partial charge in [0.2, 0.25) is 5.95 Å². The quantitative estimate of drug-likeness (QED) is 0.724. The summed E-state index contributed by atoms with van der Waals surface area (Å²) in [6, 6.07) is 10.1. The maximum atomic E-state index is 12.9. The Hall–Kier alpha value is -3.24. The molecule has 0 bridgehead atoms. The SMILES string of the molecule is CN1CCc2ccc(Nc3ncc4cc(C#N)c(=O)n(C5CCCC5)c4n3)cc2C1. The van der Waals surface area contributed by atoms with Crippen LogP contribution in [-0.4, -0.2) is 33.0 Å². The highest BCUT2D eigenvalue weighted by Gasteiger charge is 2.23. The van der Waals surface area contributed by atoms with Crippen molar-refractivity contribution in [2.45, 2.75) is 44.7 Å². The molecule has 5 rings (SSSR count). The Labute approximate surface area is 175 Å². The third kappa shape index (κ3) is 3.33. The lowest BCUT2D eigenvalue weighted by atomic mass is 9.99. The third-order valence-electron chi connectivity index (χ3n) is 6.25. The van der Waals surface area contributed by atoms with Crippen molar-refractivity contribution in [1.29, 1.82) is 5.26 Å². The lowest BCUT2D eigenvalue weighted by molar-refractivity contribution is 0.313. The number of hydrogen-bond donors (Lipinski definition) is 1. The Bertz CT molecular complexity index is 1220. The van der Waals surface area contributed by atoms with Gasteiger partial charge in [0.05, 0.1) is 0 Å². The Kier molecular flexibility index (Phi) is 4.72. The van der Waals surface area contributed by atoms with Gasteiger partial charge in [0.15, 0.2) is 0 Å². The molecule has 30 heavy (non-hydrogen) atoms. The molecule has 0 unspecified atom stereocenters. The number of rotatable bonds is 3. The molecule has 0 spiro atoms. The second kappa shape index (κ2) is 7.54. The van der Waals surface area contributed by atoms with E-state index in [0.29, 0.717) is 11.6 Å². The molecular weight excluding hydrogens is 376 g/mol. The van der Waals surface area contributed by atoms with E-state index >= 15 is 0 Å². The predicted octanol–water partition coefficient (Wildman–Crippen LogP) is 3.51. The number of anilines is 2. The molecule has 1 fully saturated rings. The molecule has 2 aliphatic rings. The summed E-state index contributed by atoms with van der Waals surface area (Å²) in [6.07, 6.45) is 6.82. The number of nitriles is 1. The van der Waals surface area contributed by atoms with E-state index in [0.717, 1.165) is 56.3 Å². The van der Waals surface area contributed by atoms with Crippen LogP contribution in [0.5, 0.6) is 0 Å². The van der Waals surface area contributed by atoms with E-state index in [1.807, 2.05) is 6.07 Å². The summed E-state index contributed by atoms with van der Waals surface area (Å²) >= 11 is 0. The fourth-order valence-corrected chi connectivity index (χ4v) is 4.67. The van der Waals surface area contributed by atoms with Gasteiger partial charge in [-0.2, -0.15) is 10.2 Å². The van der Waals surface area contributed by atoms with Crippen LogP contribution in [0.2, 0.25) is 0 Å². The van der Waals surface area contributed by atoms with Gasteiger partial charge in [-0.25, -0.2) is 4.98 Å². The van der Waals surface area contributed by atoms with Crippen molar-refractivity contribution in [3.05, 3.63) is 57.5 Å². The Morgan fingerprint density at radius 2 is 2.03 bits per heavy atom. The predicted molar refractivity (Wildman–Crippen MR) is 116 cm³/mol. The van der Waals surface area contributed by atoms with Gasteiger partial charge in [0, 0.05) is 36.4 Å². The number of hydrogen-bond acceptors (Lipinski definition) is 6. The van der Waals surface area contributed by atoms with E-state index in [1.165, 1.54) is 11.1 Å². The van der Waals surface area contributed by atoms with Gasteiger partial charge in [-0.15, -0.1) is 0 Å². The van der Waals surface area contributed by atoms with E-state index in [-0.39, 0.29) is 17.2 Å². The van der Waals surface area contributed by atoms with Crippen molar-refractivity contribution in [2.24, 2.45) is 0 Å². The first-order valence-corrected chi connectivity index (χ1v) is 10.5. The average molecular weight is 400 g/mol. The molecule has 0 radical (unpaired) electrons. The van der Waals surface area contributed by atoms with E-state index < -0.39 is 0 Å². The van der Waals surface area contributed by atoms with Crippen LogP contribution < -0.4 is 10.9 Å². The van der Waals surface area contributed by atoms with Crippen LogP contribution >= 0.6 is 0 Å². The fourth-order valence-electron chi connectivity index (χ4n) is 4.67. The summed E-state index contributed by atoms with van der Waals surface area (Å²) in [5.74, 6) is 0.461. The zero-order valence-electron chi connectivity index (χ0n) is 17.1. The number of nitrogens with zero attached hydrogens (tertiary/aromatic N) is 5. The normalized spacial score (nSPS) is 17.1. The highest BCUT2D eigenvalue weighted by Crippen LogP contribution is 2.31. The molecule has 1 aliphatic carbocycles. The van der Waals surface area contributed by atoms with E-state index in [1.54, 1.807) is 16.8 Å². The van der Waals surface area contributed by atoms with Crippen molar-refractivity contribution in [3.63, 3.8) is 0 Å². The molecule has 1 aliphatic heterocycles. The van der Waals surface area contributed by atoms with Gasteiger partial charge in [-0.1, -0.05) is 18.9 Å². The van der Waals surface area contributed by atoms with Crippen molar-refractivity contribution in [3.8, 4) is 6.07 Å². The van der Waals surface area contributed by atoms with Crippen LogP contribution in [0.1, 0.15) is 48.4 Å². The van der Waals surface area contributed by atoms with Gasteiger partial charge >= 0.3 is 0 Å². The maximum Gasteiger partial charge on any atom is 0.270 e. The lowest BCUT2D eigenvalue weighted by Gasteiger charge is -2.25. The van der Waals surface area contributed by atoms with Crippen molar-refractivity contribution in [2.75, 3.05) is 18.9 Å². The monoisotopic (exact) mass is 400 g/mol. The van der Waals surface area contributed by atoms with Crippen molar-refractivity contribution in [1.82, 2.24) is 19.4 Å². The Morgan fingerprint density at radius 1 is 1.20 bits per heavy atom. The zero-order chi connectivity index (χ0) is 20.7. The first-order valence-electron chi connectivity index (χ1n) is 10.5. The van der Waals surface area contributed by atoms with Gasteiger partial charge in [-0.3, -0.25) is 9.36 Å². The first-order chi connectivity index (χ1) is 14.6. The topological polar surface area (TPSA) is 86.8 Å². The molecule has 3 heterocycles. The molecule has 1 N–H and O–H groups in total. The number of pyridine rings is 1. The minimum Gasteiger partial charge on any atom is -0.324 e. The summed E-state index contributed by atoms with van der Waals surface area (Å²) in [5, 5.41) is 13.4. The molecule has 0 amide bonds. The molecule has 152 valence electrons. The van der Waals surface area contributed by atoms with Gasteiger partial charge in [0.25, 0.3) is 5.56 Å². The summed E-state index contributed by atoms with van der Waals surface area (Å²) in [7, 11) is 2.13. The van der Waals surface area contributed by atoms with Crippen LogP contribution in [0, 0.1) is 11.3 Å². The summed E-state index contributed by atoms with van der Waals surface area (Å²) in [5.41, 5.74) is 4.14. The van der Waals surface area contributed by atoms with Crippen LogP contribution in [0.3, 0.4) is 0 Å². The number of benzene rings is 1. The highest BCUT2D eigenvalue weighted by atomic mass is 16.1. The van der Waals surface area contributed by atoms with Crippen LogP contribution in [0.4, 0.5) is 11.6 Å². The maximum absolute atomic E-state index is 12.9. The summed E-state index contributed by atoms with van der Waals surface area (Å²) in [6.45, 7) is 2.01. The smallest absolute Gasteiger partial charge is 0.270 e. The van der Waals surface area contributed by atoms with Crippen LogP contribution in [0.15, 0.2) is 35.3 Å². The molecule has 7 nitrogen and oxygen atoms in total. The standard InChI is InChI=1S/C23H24N6O/c1-28-9-8-15-6-7-19(11-18(15)14-28)26-23-25-13-17-10-16(12-24)22(30)29(21(17)27-23)20-4-2-3-5-20/h6-7,10-11,13,20H,2-5,8-9,14H2,1H3,(H,25,26,27). The minimum atomic E-state index is -0.252. The lowest BCUT2D eigenvalue weighted by Crippen LogP contribution is -2.27. The third-order valence-corrected chi connectivity index (χ3v) is 6.25. The molecule has 0 atom stereocenters. The van der Waals surface area contributed by atoms with Crippen LogP contribution in [0.25, 0.3) is 11.0 Å². The number of likely N-dealkylation sites (N-methyl/N-ethyl adjacent to an activating group) is 1. The van der Waals surface area contributed by atoms with E-state index in [4.69, 9.17) is 4.98 Å². The minimum absolute atomic E-state index is 0.0929. The second-order valence-corrected chi connectivity index (χ2v) is 8.35. The summed E-state index contributed by atoms with van der Waals surface area (Å²) in [4.78, 5) is 24.4. The second-order valence-electron chi connectivity index (χ2n) is 8.35. The fraction of sp³-hybridized carbons (Fsp3) is 0.391. The molecule has 1 saturated carbocycles. The number of aromatic nitrogens is 3. The number of nitrogens with one attached hydrogen (secondary N) is 1. The zero-order valence-corrected chi connectivity index (χ0v) is 17.1. The van der Waals surface area contributed by atoms with Crippen LogP contribution in [-0.2, 0) is 13.0 Å². The molecule has 1 aromatic carbocycles. The number of fused-ring (bicyclic) bond motifs is 2. The summed E-state index contributed by atoms with van der Waals surface area (Å²) < 4.78 is 1.72. The highest BCUT2D eigenvalue weighted by molar-refractivity contribution is 5.77. The van der Waals surface area contributed by atoms with E-state index in [9.17, 15) is 10.1 Å². The van der Waals surface area contributed by atoms with E-state index in [2.05, 4.69) is 40.4 Å². The van der Waals surface area contributed by atoms with Crippen molar-refractivity contribution < 1.29 is 0 Å². The average Bonchev–Trinajstić information content (AvgIpc) is 3.27. The molecule has 7 heteroatoms. The Balaban J connectivity index is 1.55. The van der Waals surface area contributed by atoms with Gasteiger partial charge < -0.3 is 10.2 Å². The molecule has 2 aromatic heterocycles. The molecular formula is C23H24N6O.